The number of benzene rings is 1. The predicted molar refractivity (Wildman–Crippen MR) is 132 cm³/mol. The third-order valence-electron chi connectivity index (χ3n) is 5.27. The number of nitrogens with one attached hydrogen (secondary N) is 2. The molecular formula is C22H31IN6O2. The summed E-state index contributed by atoms with van der Waals surface area (Å²) in [6.45, 7) is 7.50. The van der Waals surface area contributed by atoms with E-state index >= 15 is 0 Å². The van der Waals surface area contributed by atoms with E-state index < -0.39 is 0 Å². The molecule has 0 bridgehead atoms. The van der Waals surface area contributed by atoms with Gasteiger partial charge in [-0.25, -0.2) is 4.98 Å². The number of rotatable bonds is 11. The Kier molecular flexibility index (Phi) is 8.30. The standard InChI is InChI=1S/C22H31IN6O2/c1-4-5-6-9-29-13-25-19-20(24-11-15-10-16(23)7-8-18(15)31)27-22(28-21(19)29)26-17(12-30)14(2)3/h7-8,10,13-14,17,30-31H,4-6,9,11-12H2,1-3H3,(H2,24,26,27,28). The minimum Gasteiger partial charge on any atom is -0.508 e. The van der Waals surface area contributed by atoms with Gasteiger partial charge in [0.05, 0.1) is 19.0 Å². The number of aliphatic hydroxyl groups excluding tert-OH is 1. The molecule has 0 spiro atoms. The fraction of sp³-hybridized carbons (Fsp3) is 0.500. The van der Waals surface area contributed by atoms with Gasteiger partial charge in [0.15, 0.2) is 17.0 Å². The van der Waals surface area contributed by atoms with Crippen LogP contribution in [0.5, 0.6) is 5.75 Å². The van der Waals surface area contributed by atoms with Crippen LogP contribution in [-0.4, -0.2) is 42.4 Å². The fourth-order valence-electron chi connectivity index (χ4n) is 3.29. The van der Waals surface area contributed by atoms with Crippen LogP contribution < -0.4 is 10.6 Å². The van der Waals surface area contributed by atoms with E-state index in [2.05, 4.69) is 54.7 Å². The molecule has 8 nitrogen and oxygen atoms in total. The summed E-state index contributed by atoms with van der Waals surface area (Å²) in [6.07, 6.45) is 5.15. The van der Waals surface area contributed by atoms with Gasteiger partial charge in [0.25, 0.3) is 0 Å². The van der Waals surface area contributed by atoms with Gasteiger partial charge in [0.2, 0.25) is 5.95 Å². The Balaban J connectivity index is 1.94. The number of unbranched alkanes of at least 4 members (excludes halogenated alkanes) is 2. The van der Waals surface area contributed by atoms with Crippen molar-refractivity contribution in [1.82, 2.24) is 19.5 Å². The van der Waals surface area contributed by atoms with Gasteiger partial charge in [-0.05, 0) is 53.1 Å². The van der Waals surface area contributed by atoms with Crippen LogP contribution in [0.1, 0.15) is 45.6 Å². The molecule has 168 valence electrons. The van der Waals surface area contributed by atoms with E-state index in [-0.39, 0.29) is 24.3 Å². The van der Waals surface area contributed by atoms with Gasteiger partial charge in [-0.15, -0.1) is 0 Å². The number of phenolic OH excluding ortho intramolecular Hbond substituents is 1. The van der Waals surface area contributed by atoms with Crippen molar-refractivity contribution in [3.63, 3.8) is 0 Å². The third kappa shape index (κ3) is 5.97. The van der Waals surface area contributed by atoms with Crippen LogP contribution in [0.15, 0.2) is 24.5 Å². The molecule has 9 heteroatoms. The number of hydrogen-bond donors (Lipinski definition) is 4. The molecule has 0 saturated carbocycles. The van der Waals surface area contributed by atoms with Crippen LogP contribution in [0.3, 0.4) is 0 Å². The van der Waals surface area contributed by atoms with E-state index in [0.29, 0.717) is 23.8 Å². The lowest BCUT2D eigenvalue weighted by molar-refractivity contribution is 0.248. The zero-order chi connectivity index (χ0) is 22.4. The molecule has 0 amide bonds. The maximum atomic E-state index is 10.2. The van der Waals surface area contributed by atoms with E-state index in [1.165, 1.54) is 0 Å². The lowest BCUT2D eigenvalue weighted by atomic mass is 10.1. The molecule has 31 heavy (non-hydrogen) atoms. The number of halogens is 1. The molecule has 2 aromatic heterocycles. The first-order chi connectivity index (χ1) is 14.9. The van der Waals surface area contributed by atoms with E-state index in [1.54, 1.807) is 12.4 Å². The number of nitrogens with zero attached hydrogens (tertiary/aromatic N) is 4. The van der Waals surface area contributed by atoms with E-state index in [1.807, 2.05) is 26.0 Å². The first kappa shape index (κ1) is 23.5. The van der Waals surface area contributed by atoms with Gasteiger partial charge < -0.3 is 25.4 Å². The van der Waals surface area contributed by atoms with Crippen molar-refractivity contribution in [2.45, 2.75) is 59.2 Å². The molecule has 1 unspecified atom stereocenters. The number of anilines is 2. The average molecular weight is 538 g/mol. The molecule has 0 radical (unpaired) electrons. The molecule has 3 rings (SSSR count). The average Bonchev–Trinajstić information content (AvgIpc) is 3.15. The summed E-state index contributed by atoms with van der Waals surface area (Å²) < 4.78 is 3.10. The SMILES string of the molecule is CCCCCn1cnc2c(NCc3cc(I)ccc3O)nc(NC(CO)C(C)C)nc21. The summed E-state index contributed by atoms with van der Waals surface area (Å²) in [6, 6.07) is 5.34. The van der Waals surface area contributed by atoms with Crippen LogP contribution in [0.2, 0.25) is 0 Å². The number of aromatic nitrogens is 4. The molecule has 1 aromatic carbocycles. The normalized spacial score (nSPS) is 12.5. The number of imidazole rings is 1. The molecule has 2 heterocycles. The second kappa shape index (κ2) is 10.9. The van der Waals surface area contributed by atoms with Crippen molar-refractivity contribution >= 4 is 45.5 Å². The highest BCUT2D eigenvalue weighted by molar-refractivity contribution is 14.1. The Morgan fingerprint density at radius 2 is 2.00 bits per heavy atom. The number of aliphatic hydroxyl groups is 1. The molecule has 4 N–H and O–H groups in total. The molecular weight excluding hydrogens is 507 g/mol. The summed E-state index contributed by atoms with van der Waals surface area (Å²) in [5.41, 5.74) is 2.23. The largest absolute Gasteiger partial charge is 0.508 e. The van der Waals surface area contributed by atoms with Gasteiger partial charge >= 0.3 is 0 Å². The van der Waals surface area contributed by atoms with Crippen molar-refractivity contribution in [3.05, 3.63) is 33.7 Å². The Morgan fingerprint density at radius 1 is 1.19 bits per heavy atom. The lowest BCUT2D eigenvalue weighted by Crippen LogP contribution is -2.30. The highest BCUT2D eigenvalue weighted by atomic mass is 127. The first-order valence-electron chi connectivity index (χ1n) is 10.7. The Bertz CT molecular complexity index is 1010. The first-order valence-corrected chi connectivity index (χ1v) is 11.8. The Labute approximate surface area is 196 Å². The minimum atomic E-state index is -0.151. The van der Waals surface area contributed by atoms with Gasteiger partial charge in [-0.2, -0.15) is 9.97 Å². The topological polar surface area (TPSA) is 108 Å². The second-order valence-electron chi connectivity index (χ2n) is 8.02. The van der Waals surface area contributed by atoms with Gasteiger partial charge in [0.1, 0.15) is 5.75 Å². The van der Waals surface area contributed by atoms with Gasteiger partial charge in [0, 0.05) is 22.2 Å². The van der Waals surface area contributed by atoms with E-state index in [0.717, 1.165) is 40.6 Å². The second-order valence-corrected chi connectivity index (χ2v) is 9.26. The quantitative estimate of drug-likeness (QED) is 0.212. The van der Waals surface area contributed by atoms with Crippen molar-refractivity contribution in [3.8, 4) is 5.75 Å². The Morgan fingerprint density at radius 3 is 2.71 bits per heavy atom. The van der Waals surface area contributed by atoms with Crippen LogP contribution in [0.25, 0.3) is 11.2 Å². The number of aryl methyl sites for hydroxylation is 1. The molecule has 3 aromatic rings. The molecule has 0 aliphatic heterocycles. The molecule has 0 fully saturated rings. The summed E-state index contributed by atoms with van der Waals surface area (Å²) in [5.74, 6) is 1.51. The summed E-state index contributed by atoms with van der Waals surface area (Å²) in [5, 5.41) is 26.5. The monoisotopic (exact) mass is 538 g/mol. The lowest BCUT2D eigenvalue weighted by Gasteiger charge is -2.20. The zero-order valence-corrected chi connectivity index (χ0v) is 20.4. The highest BCUT2D eigenvalue weighted by Gasteiger charge is 2.18. The fourth-order valence-corrected chi connectivity index (χ4v) is 3.85. The molecule has 0 aliphatic rings. The van der Waals surface area contributed by atoms with Gasteiger partial charge in [-0.3, -0.25) is 0 Å². The Hall–Kier alpha value is -2.14. The number of fused-ring (bicyclic) bond motifs is 1. The maximum absolute atomic E-state index is 10.2. The third-order valence-corrected chi connectivity index (χ3v) is 5.94. The summed E-state index contributed by atoms with van der Waals surface area (Å²) in [4.78, 5) is 13.9. The number of phenols is 1. The van der Waals surface area contributed by atoms with Crippen LogP contribution in [0.4, 0.5) is 11.8 Å². The van der Waals surface area contributed by atoms with Crippen LogP contribution in [0, 0.1) is 9.49 Å². The van der Waals surface area contributed by atoms with Crippen molar-refractivity contribution in [2.24, 2.45) is 5.92 Å². The molecule has 0 aliphatic carbocycles. The molecule has 1 atom stereocenters. The van der Waals surface area contributed by atoms with Crippen LogP contribution >= 0.6 is 22.6 Å². The predicted octanol–water partition coefficient (Wildman–Crippen LogP) is 4.37. The summed E-state index contributed by atoms with van der Waals surface area (Å²) in [7, 11) is 0. The van der Waals surface area contributed by atoms with E-state index in [9.17, 15) is 10.2 Å². The number of hydrogen-bond acceptors (Lipinski definition) is 7. The van der Waals surface area contributed by atoms with E-state index in [4.69, 9.17) is 4.98 Å². The highest BCUT2D eigenvalue weighted by Crippen LogP contribution is 2.25. The zero-order valence-electron chi connectivity index (χ0n) is 18.3. The van der Waals surface area contributed by atoms with Crippen molar-refractivity contribution in [1.29, 1.82) is 0 Å². The number of aromatic hydroxyl groups is 1. The summed E-state index contributed by atoms with van der Waals surface area (Å²) >= 11 is 2.22. The smallest absolute Gasteiger partial charge is 0.227 e. The van der Waals surface area contributed by atoms with Gasteiger partial charge in [-0.1, -0.05) is 33.6 Å². The van der Waals surface area contributed by atoms with Crippen molar-refractivity contribution in [2.75, 3.05) is 17.2 Å². The minimum absolute atomic E-state index is 0.00604. The maximum Gasteiger partial charge on any atom is 0.227 e. The van der Waals surface area contributed by atoms with Crippen LogP contribution in [-0.2, 0) is 13.1 Å². The van der Waals surface area contributed by atoms with Crippen molar-refractivity contribution < 1.29 is 10.2 Å². The molecule has 0 saturated heterocycles.